The van der Waals surface area contributed by atoms with E-state index in [1.807, 2.05) is 26.2 Å². The van der Waals surface area contributed by atoms with E-state index in [-0.39, 0.29) is 35.1 Å². The van der Waals surface area contributed by atoms with Crippen molar-refractivity contribution in [3.63, 3.8) is 0 Å². The van der Waals surface area contributed by atoms with E-state index in [1.165, 1.54) is 35.7 Å². The van der Waals surface area contributed by atoms with Gasteiger partial charge < -0.3 is 20.1 Å². The Balaban J connectivity index is 1.60. The SMILES string of the molecule is CCNC(=O)[C@@H]1C[C@H](Nc2nccc(N(C(CC)Cc3sccc3Cl)S(=O)(=O)c3ccc(C)cc3)c2[N+](=O)[O-])[C@H]2OC(C)(C)O[C@H]21. The first kappa shape index (κ1) is 34.0. The number of pyridine rings is 1. The van der Waals surface area contributed by atoms with E-state index < -0.39 is 56.6 Å². The van der Waals surface area contributed by atoms with Gasteiger partial charge in [0.25, 0.3) is 10.0 Å². The van der Waals surface area contributed by atoms with Crippen molar-refractivity contribution in [1.29, 1.82) is 0 Å². The van der Waals surface area contributed by atoms with Crippen molar-refractivity contribution < 1.29 is 27.6 Å². The summed E-state index contributed by atoms with van der Waals surface area (Å²) < 4.78 is 42.3. The van der Waals surface area contributed by atoms with Crippen LogP contribution in [0.15, 0.2) is 52.9 Å². The number of rotatable bonds is 12. The van der Waals surface area contributed by atoms with Gasteiger partial charge in [-0.3, -0.25) is 19.2 Å². The Labute approximate surface area is 277 Å². The fourth-order valence-electron chi connectivity index (χ4n) is 6.19. The number of nitrogens with one attached hydrogen (secondary N) is 2. The number of carbonyl (C=O) groups excluding carboxylic acids is 1. The molecule has 3 heterocycles. The van der Waals surface area contributed by atoms with Gasteiger partial charge in [0.05, 0.1) is 32.8 Å². The number of halogens is 1. The van der Waals surface area contributed by atoms with E-state index in [2.05, 4.69) is 15.6 Å². The number of hydrogen-bond acceptors (Lipinski definition) is 10. The Morgan fingerprint density at radius 1 is 1.20 bits per heavy atom. The number of fused-ring (bicyclic) bond motifs is 1. The highest BCUT2D eigenvalue weighted by atomic mass is 35.5. The van der Waals surface area contributed by atoms with Crippen LogP contribution in [0.2, 0.25) is 5.02 Å². The lowest BCUT2D eigenvalue weighted by Gasteiger charge is -2.32. The van der Waals surface area contributed by atoms with Crippen LogP contribution >= 0.6 is 22.9 Å². The molecule has 1 saturated carbocycles. The highest BCUT2D eigenvalue weighted by molar-refractivity contribution is 7.92. The van der Waals surface area contributed by atoms with Crippen LogP contribution in [0, 0.1) is 23.0 Å². The summed E-state index contributed by atoms with van der Waals surface area (Å²) in [6, 6.07) is 8.13. The van der Waals surface area contributed by atoms with E-state index in [9.17, 15) is 23.3 Å². The van der Waals surface area contributed by atoms with Gasteiger partial charge in [0.1, 0.15) is 17.9 Å². The zero-order chi connectivity index (χ0) is 33.4. The number of nitrogens with zero attached hydrogens (tertiary/aromatic N) is 3. The molecule has 1 aliphatic carbocycles. The number of nitro groups is 1. The molecule has 0 bridgehead atoms. The van der Waals surface area contributed by atoms with Crippen molar-refractivity contribution in [2.45, 2.75) is 88.9 Å². The number of hydrogen-bond donors (Lipinski definition) is 2. The molecule has 2 N–H and O–H groups in total. The molecule has 1 amide bonds. The number of anilines is 2. The Bertz CT molecular complexity index is 1700. The number of ether oxygens (including phenoxy) is 2. The second kappa shape index (κ2) is 13.4. The van der Waals surface area contributed by atoms with Gasteiger partial charge in [-0.1, -0.05) is 36.2 Å². The van der Waals surface area contributed by atoms with Crippen LogP contribution in [0.4, 0.5) is 17.2 Å². The Hall–Kier alpha value is -3.30. The van der Waals surface area contributed by atoms with Gasteiger partial charge >= 0.3 is 5.69 Å². The minimum Gasteiger partial charge on any atom is -0.359 e. The monoisotopic (exact) mass is 691 g/mol. The number of aryl methyl sites for hydroxylation is 1. The Morgan fingerprint density at radius 3 is 2.50 bits per heavy atom. The summed E-state index contributed by atoms with van der Waals surface area (Å²) in [5.74, 6) is -1.88. The summed E-state index contributed by atoms with van der Waals surface area (Å²) >= 11 is 7.82. The molecule has 2 fully saturated rings. The molecule has 248 valence electrons. The number of thiophene rings is 1. The van der Waals surface area contributed by atoms with Crippen LogP contribution in [0.25, 0.3) is 0 Å². The quantitative estimate of drug-likeness (QED) is 0.180. The second-order valence-electron chi connectivity index (χ2n) is 11.9. The lowest BCUT2D eigenvalue weighted by atomic mass is 10.0. The Morgan fingerprint density at radius 2 is 1.89 bits per heavy atom. The molecule has 1 aliphatic heterocycles. The third kappa shape index (κ3) is 6.72. The van der Waals surface area contributed by atoms with E-state index in [1.54, 1.807) is 32.0 Å². The summed E-state index contributed by atoms with van der Waals surface area (Å²) in [7, 11) is -4.32. The van der Waals surface area contributed by atoms with E-state index in [0.717, 1.165) is 14.7 Å². The van der Waals surface area contributed by atoms with Crippen molar-refractivity contribution in [2.75, 3.05) is 16.2 Å². The van der Waals surface area contributed by atoms with Crippen molar-refractivity contribution in [1.82, 2.24) is 10.3 Å². The molecule has 0 radical (unpaired) electrons. The van der Waals surface area contributed by atoms with Crippen molar-refractivity contribution >= 4 is 56.1 Å². The molecule has 0 spiro atoms. The third-order valence-electron chi connectivity index (χ3n) is 8.29. The largest absolute Gasteiger partial charge is 0.359 e. The van der Waals surface area contributed by atoms with Gasteiger partial charge in [-0.25, -0.2) is 13.4 Å². The number of amides is 1. The summed E-state index contributed by atoms with van der Waals surface area (Å²) in [5.41, 5.74) is 0.220. The first-order valence-electron chi connectivity index (χ1n) is 15.1. The van der Waals surface area contributed by atoms with Crippen LogP contribution < -0.4 is 14.9 Å². The molecule has 3 aromatic rings. The molecule has 15 heteroatoms. The molecular weight excluding hydrogens is 654 g/mol. The zero-order valence-corrected chi connectivity index (χ0v) is 28.6. The van der Waals surface area contributed by atoms with Crippen LogP contribution in [0.1, 0.15) is 51.0 Å². The maximum atomic E-state index is 14.4. The van der Waals surface area contributed by atoms with Crippen LogP contribution in [-0.2, 0) is 30.7 Å². The van der Waals surface area contributed by atoms with Gasteiger partial charge in [-0.15, -0.1) is 11.3 Å². The van der Waals surface area contributed by atoms with Crippen LogP contribution in [0.3, 0.4) is 0 Å². The van der Waals surface area contributed by atoms with Gasteiger partial charge in [0.15, 0.2) is 5.79 Å². The van der Waals surface area contributed by atoms with E-state index in [0.29, 0.717) is 18.0 Å². The topological polar surface area (TPSA) is 153 Å². The molecular formula is C31H38ClN5O7S2. The van der Waals surface area contributed by atoms with Gasteiger partial charge in [0, 0.05) is 24.0 Å². The molecule has 5 rings (SSSR count). The molecule has 1 saturated heterocycles. The van der Waals surface area contributed by atoms with E-state index >= 15 is 0 Å². The Kier molecular flexibility index (Phi) is 9.94. The first-order chi connectivity index (χ1) is 21.8. The average molecular weight is 692 g/mol. The summed E-state index contributed by atoms with van der Waals surface area (Å²) in [6.07, 6.45) is 0.991. The second-order valence-corrected chi connectivity index (χ2v) is 15.1. The molecule has 12 nitrogen and oxygen atoms in total. The first-order valence-corrected chi connectivity index (χ1v) is 17.8. The standard InChI is InChI=1S/C31H38ClN5O7S2/c1-6-19(16-25-22(32)13-15-45-25)36(46(41,42)20-10-8-18(3)9-11-20)24-12-14-34-29(26(24)37(39)40)35-23-17-21(30(38)33-7-2)27-28(23)44-31(4,5)43-27/h8-15,19,21,23,27-28H,6-7,16-17H2,1-5H3,(H,33,38)(H,34,35)/t19?,21-,23+,27+,28-/m1/s1. The fraction of sp³-hybridized carbons (Fsp3) is 0.484. The molecule has 2 aromatic heterocycles. The normalized spacial score (nSPS) is 22.7. The third-order valence-corrected chi connectivity index (χ3v) is 11.6. The molecule has 46 heavy (non-hydrogen) atoms. The lowest BCUT2D eigenvalue weighted by Crippen LogP contribution is -2.42. The highest BCUT2D eigenvalue weighted by Gasteiger charge is 2.56. The molecule has 1 unspecified atom stereocenters. The predicted molar refractivity (Wildman–Crippen MR) is 177 cm³/mol. The van der Waals surface area contributed by atoms with Crippen LogP contribution in [0.5, 0.6) is 0 Å². The minimum atomic E-state index is -4.32. The fourth-order valence-corrected chi connectivity index (χ4v) is 9.11. The summed E-state index contributed by atoms with van der Waals surface area (Å²) in [5, 5.41) is 21.2. The van der Waals surface area contributed by atoms with Crippen molar-refractivity contribution in [3.8, 4) is 0 Å². The predicted octanol–water partition coefficient (Wildman–Crippen LogP) is 5.69. The summed E-state index contributed by atoms with van der Waals surface area (Å²) in [6.45, 7) is 9.42. The van der Waals surface area contributed by atoms with Crippen LogP contribution in [-0.4, -0.2) is 60.9 Å². The van der Waals surface area contributed by atoms with Gasteiger partial charge in [0.2, 0.25) is 11.7 Å². The van der Waals surface area contributed by atoms with Gasteiger partial charge in [-0.2, -0.15) is 0 Å². The molecule has 2 aliphatic rings. The smallest absolute Gasteiger partial charge is 0.335 e. The molecule has 5 atom stereocenters. The van der Waals surface area contributed by atoms with E-state index in [4.69, 9.17) is 21.1 Å². The highest BCUT2D eigenvalue weighted by Crippen LogP contribution is 2.45. The summed E-state index contributed by atoms with van der Waals surface area (Å²) in [4.78, 5) is 30.3. The van der Waals surface area contributed by atoms with Crippen molar-refractivity contribution in [2.24, 2.45) is 5.92 Å². The molecule has 1 aromatic carbocycles. The maximum absolute atomic E-state index is 14.4. The zero-order valence-electron chi connectivity index (χ0n) is 26.2. The lowest BCUT2D eigenvalue weighted by molar-refractivity contribution is -0.383. The number of benzene rings is 1. The van der Waals surface area contributed by atoms with Crippen molar-refractivity contribution in [3.05, 3.63) is 73.6 Å². The number of carbonyl (C=O) groups is 1. The minimum absolute atomic E-state index is 0.00315. The number of sulfonamides is 1. The van der Waals surface area contributed by atoms with Gasteiger partial charge in [-0.05, 0) is 70.2 Å². The number of aromatic nitrogens is 1. The maximum Gasteiger partial charge on any atom is 0.335 e. The average Bonchev–Trinajstić information content (AvgIpc) is 3.65.